The van der Waals surface area contributed by atoms with E-state index in [9.17, 15) is 0 Å². The lowest BCUT2D eigenvalue weighted by Gasteiger charge is -2.27. The van der Waals surface area contributed by atoms with E-state index in [2.05, 4.69) is 26.2 Å². The van der Waals surface area contributed by atoms with E-state index in [4.69, 9.17) is 0 Å². The van der Waals surface area contributed by atoms with Crippen molar-refractivity contribution < 1.29 is 0 Å². The molecule has 0 unspecified atom stereocenters. The molecule has 1 rings (SSSR count). The van der Waals surface area contributed by atoms with Crippen molar-refractivity contribution in [3.63, 3.8) is 0 Å². The second kappa shape index (κ2) is 4.27. The minimum atomic E-state index is 0.504. The zero-order chi connectivity index (χ0) is 9.03. The maximum absolute atomic E-state index is 3.28. The summed E-state index contributed by atoms with van der Waals surface area (Å²) in [5.41, 5.74) is 0.504. The predicted molar refractivity (Wildman–Crippen MR) is 54.3 cm³/mol. The highest BCUT2D eigenvalue weighted by atomic mass is 14.8. The summed E-state index contributed by atoms with van der Waals surface area (Å²) < 4.78 is 0. The van der Waals surface area contributed by atoms with E-state index < -0.39 is 0 Å². The highest BCUT2D eigenvalue weighted by Crippen LogP contribution is 2.34. The summed E-state index contributed by atoms with van der Waals surface area (Å²) in [6.07, 6.45) is 7.31. The van der Waals surface area contributed by atoms with Gasteiger partial charge in [-0.25, -0.2) is 0 Å². The van der Waals surface area contributed by atoms with Gasteiger partial charge in [0.05, 0.1) is 0 Å². The van der Waals surface area contributed by atoms with Gasteiger partial charge in [-0.1, -0.05) is 39.5 Å². The van der Waals surface area contributed by atoms with Crippen LogP contribution >= 0.6 is 0 Å². The third-order valence-electron chi connectivity index (χ3n) is 2.97. The Bertz CT molecular complexity index is 123. The molecule has 0 spiro atoms. The van der Waals surface area contributed by atoms with Crippen LogP contribution in [0.5, 0.6) is 0 Å². The molecule has 0 atom stereocenters. The van der Waals surface area contributed by atoms with Crippen molar-refractivity contribution in [3.05, 3.63) is 0 Å². The predicted octanol–water partition coefficient (Wildman–Crippen LogP) is 2.81. The quantitative estimate of drug-likeness (QED) is 0.682. The highest BCUT2D eigenvalue weighted by molar-refractivity contribution is 4.78. The second-order valence-corrected chi connectivity index (χ2v) is 5.05. The second-order valence-electron chi connectivity index (χ2n) is 5.05. The van der Waals surface area contributed by atoms with Crippen LogP contribution in [0.2, 0.25) is 0 Å². The van der Waals surface area contributed by atoms with Gasteiger partial charge in [0.25, 0.3) is 0 Å². The first-order chi connectivity index (χ1) is 5.64. The van der Waals surface area contributed by atoms with Crippen LogP contribution in [0.25, 0.3) is 0 Å². The standard InChI is InChI=1S/C11H23N/c1-11(2,9-12-3)8-10-6-4-5-7-10/h10,12H,4-9H2,1-3H3. The van der Waals surface area contributed by atoms with E-state index in [1.165, 1.54) is 32.1 Å². The smallest absolute Gasteiger partial charge is 0.0000385 e. The van der Waals surface area contributed by atoms with Gasteiger partial charge in [0.1, 0.15) is 0 Å². The Balaban J connectivity index is 2.27. The van der Waals surface area contributed by atoms with Crippen molar-refractivity contribution in [1.29, 1.82) is 0 Å². The van der Waals surface area contributed by atoms with Gasteiger partial charge in [-0.2, -0.15) is 0 Å². The first-order valence-corrected chi connectivity index (χ1v) is 5.29. The van der Waals surface area contributed by atoms with Crippen molar-refractivity contribution in [1.82, 2.24) is 5.32 Å². The highest BCUT2D eigenvalue weighted by Gasteiger charge is 2.24. The monoisotopic (exact) mass is 169 g/mol. The molecule has 0 aromatic rings. The molecule has 0 aliphatic heterocycles. The molecular weight excluding hydrogens is 146 g/mol. The lowest BCUT2D eigenvalue weighted by Crippen LogP contribution is -2.28. The van der Waals surface area contributed by atoms with Gasteiger partial charge in [0.2, 0.25) is 0 Å². The summed E-state index contributed by atoms with van der Waals surface area (Å²) in [5.74, 6) is 1.02. The lowest BCUT2D eigenvalue weighted by molar-refractivity contribution is 0.262. The van der Waals surface area contributed by atoms with Crippen molar-refractivity contribution >= 4 is 0 Å². The van der Waals surface area contributed by atoms with E-state index >= 15 is 0 Å². The Labute approximate surface area is 76.9 Å². The summed E-state index contributed by atoms with van der Waals surface area (Å²) in [6.45, 7) is 5.91. The average molecular weight is 169 g/mol. The maximum Gasteiger partial charge on any atom is -0.0000385 e. The Morgan fingerprint density at radius 1 is 1.25 bits per heavy atom. The van der Waals surface area contributed by atoms with Crippen molar-refractivity contribution in [2.24, 2.45) is 11.3 Å². The van der Waals surface area contributed by atoms with Crippen LogP contribution < -0.4 is 5.32 Å². The Morgan fingerprint density at radius 2 is 1.83 bits per heavy atom. The number of rotatable bonds is 4. The number of hydrogen-bond acceptors (Lipinski definition) is 1. The summed E-state index contributed by atoms with van der Waals surface area (Å²) in [5, 5.41) is 3.28. The molecule has 1 aliphatic carbocycles. The summed E-state index contributed by atoms with van der Waals surface area (Å²) >= 11 is 0. The van der Waals surface area contributed by atoms with E-state index in [1.54, 1.807) is 0 Å². The van der Waals surface area contributed by atoms with Crippen LogP contribution in [0.3, 0.4) is 0 Å². The van der Waals surface area contributed by atoms with Crippen LogP contribution in [0.4, 0.5) is 0 Å². The van der Waals surface area contributed by atoms with Crippen LogP contribution in [0, 0.1) is 11.3 Å². The molecule has 0 aromatic heterocycles. The van der Waals surface area contributed by atoms with Gasteiger partial charge < -0.3 is 5.32 Å². The van der Waals surface area contributed by atoms with Gasteiger partial charge in [-0.15, -0.1) is 0 Å². The van der Waals surface area contributed by atoms with Gasteiger partial charge in [-0.3, -0.25) is 0 Å². The van der Waals surface area contributed by atoms with E-state index in [-0.39, 0.29) is 0 Å². The van der Waals surface area contributed by atoms with Gasteiger partial charge in [-0.05, 0) is 31.3 Å². The molecule has 0 saturated heterocycles. The normalized spacial score (nSPS) is 20.2. The fraction of sp³-hybridized carbons (Fsp3) is 1.00. The molecule has 1 heteroatoms. The topological polar surface area (TPSA) is 12.0 Å². The minimum Gasteiger partial charge on any atom is -0.319 e. The molecule has 0 radical (unpaired) electrons. The Kier molecular flexibility index (Phi) is 3.57. The molecule has 12 heavy (non-hydrogen) atoms. The minimum absolute atomic E-state index is 0.504. The molecule has 0 aromatic carbocycles. The van der Waals surface area contributed by atoms with Crippen LogP contribution in [0.15, 0.2) is 0 Å². The number of nitrogens with one attached hydrogen (secondary N) is 1. The van der Waals surface area contributed by atoms with Gasteiger partial charge in [0.15, 0.2) is 0 Å². The molecule has 1 fully saturated rings. The maximum atomic E-state index is 3.28. The summed E-state index contributed by atoms with van der Waals surface area (Å²) in [7, 11) is 2.05. The van der Waals surface area contributed by atoms with E-state index in [0.717, 1.165) is 12.5 Å². The van der Waals surface area contributed by atoms with E-state index in [1.807, 2.05) is 0 Å². The fourth-order valence-corrected chi connectivity index (χ4v) is 2.55. The molecule has 0 bridgehead atoms. The molecule has 1 saturated carbocycles. The van der Waals surface area contributed by atoms with Crippen molar-refractivity contribution in [3.8, 4) is 0 Å². The van der Waals surface area contributed by atoms with E-state index in [0.29, 0.717) is 5.41 Å². The zero-order valence-electron chi connectivity index (χ0n) is 8.82. The van der Waals surface area contributed by atoms with Gasteiger partial charge >= 0.3 is 0 Å². The first kappa shape index (κ1) is 10.0. The van der Waals surface area contributed by atoms with Crippen molar-refractivity contribution in [2.75, 3.05) is 13.6 Å². The number of hydrogen-bond donors (Lipinski definition) is 1. The summed E-state index contributed by atoms with van der Waals surface area (Å²) in [4.78, 5) is 0. The largest absolute Gasteiger partial charge is 0.319 e. The average Bonchev–Trinajstić information content (AvgIpc) is 2.38. The van der Waals surface area contributed by atoms with Gasteiger partial charge in [0, 0.05) is 0 Å². The molecular formula is C11H23N. The molecule has 1 aliphatic rings. The third-order valence-corrected chi connectivity index (χ3v) is 2.97. The summed E-state index contributed by atoms with van der Waals surface area (Å²) in [6, 6.07) is 0. The Morgan fingerprint density at radius 3 is 2.33 bits per heavy atom. The SMILES string of the molecule is CNCC(C)(C)CC1CCCC1. The fourth-order valence-electron chi connectivity index (χ4n) is 2.55. The first-order valence-electron chi connectivity index (χ1n) is 5.29. The molecule has 0 amide bonds. The molecule has 1 nitrogen and oxygen atoms in total. The molecule has 0 heterocycles. The molecule has 72 valence electrons. The van der Waals surface area contributed by atoms with Crippen LogP contribution in [0.1, 0.15) is 46.0 Å². The van der Waals surface area contributed by atoms with Crippen LogP contribution in [-0.4, -0.2) is 13.6 Å². The Hall–Kier alpha value is -0.0400. The van der Waals surface area contributed by atoms with Crippen LogP contribution in [-0.2, 0) is 0 Å². The zero-order valence-corrected chi connectivity index (χ0v) is 8.82. The van der Waals surface area contributed by atoms with Crippen molar-refractivity contribution in [2.45, 2.75) is 46.0 Å². The lowest BCUT2D eigenvalue weighted by atomic mass is 9.82. The molecule has 1 N–H and O–H groups in total. The third kappa shape index (κ3) is 3.14.